The number of esters is 2. The van der Waals surface area contributed by atoms with Crippen LogP contribution in [0.4, 0.5) is 0 Å². The Bertz CT molecular complexity index is 957. The number of carbonyl (C=O) groups is 2. The van der Waals surface area contributed by atoms with Gasteiger partial charge in [0.15, 0.2) is 0 Å². The molecule has 0 unspecified atom stereocenters. The van der Waals surface area contributed by atoms with E-state index in [1.165, 1.54) is 5.56 Å². The van der Waals surface area contributed by atoms with Gasteiger partial charge in [0.05, 0.1) is 11.8 Å². The molecule has 0 N–H and O–H groups in total. The first kappa shape index (κ1) is 28.6. The van der Waals surface area contributed by atoms with Crippen LogP contribution in [0.1, 0.15) is 103 Å². The first-order chi connectivity index (χ1) is 16.1. The van der Waals surface area contributed by atoms with Crippen molar-refractivity contribution in [2.75, 3.05) is 0 Å². The average Bonchev–Trinajstić information content (AvgIpc) is 2.74. The SMILES string of the molecule is CC(C)Cc1ccc([C@H](C)C(=O)OCc2ccc([C@@H](CC(C)(C)C)C(=O)OC(C)(C)C)cc2)cc1. The number of hydrogen-bond acceptors (Lipinski definition) is 4. The van der Waals surface area contributed by atoms with Crippen molar-refractivity contribution in [3.05, 3.63) is 70.8 Å². The van der Waals surface area contributed by atoms with E-state index in [1.807, 2.05) is 64.1 Å². The summed E-state index contributed by atoms with van der Waals surface area (Å²) in [5.41, 5.74) is 3.48. The minimum Gasteiger partial charge on any atom is -0.460 e. The molecule has 4 heteroatoms. The van der Waals surface area contributed by atoms with Crippen LogP contribution in [0.25, 0.3) is 0 Å². The molecule has 4 nitrogen and oxygen atoms in total. The van der Waals surface area contributed by atoms with Gasteiger partial charge in [-0.1, -0.05) is 83.1 Å². The van der Waals surface area contributed by atoms with Crippen molar-refractivity contribution in [1.82, 2.24) is 0 Å². The molecule has 0 aromatic heterocycles. The zero-order valence-electron chi connectivity index (χ0n) is 23.1. The Hall–Kier alpha value is -2.62. The van der Waals surface area contributed by atoms with Crippen molar-refractivity contribution in [2.24, 2.45) is 11.3 Å². The summed E-state index contributed by atoms with van der Waals surface area (Å²) in [5, 5.41) is 0. The van der Waals surface area contributed by atoms with Crippen molar-refractivity contribution in [3.8, 4) is 0 Å². The van der Waals surface area contributed by atoms with E-state index in [0.717, 1.165) is 23.1 Å². The summed E-state index contributed by atoms with van der Waals surface area (Å²) < 4.78 is 11.3. The van der Waals surface area contributed by atoms with E-state index < -0.39 is 5.60 Å². The lowest BCUT2D eigenvalue weighted by Gasteiger charge is -2.28. The molecule has 0 radical (unpaired) electrons. The second kappa shape index (κ2) is 11.9. The quantitative estimate of drug-likeness (QED) is 0.347. The van der Waals surface area contributed by atoms with Gasteiger partial charge < -0.3 is 9.47 Å². The van der Waals surface area contributed by atoms with Crippen molar-refractivity contribution < 1.29 is 19.1 Å². The molecule has 0 aliphatic carbocycles. The molecule has 0 bridgehead atoms. The highest BCUT2D eigenvalue weighted by Crippen LogP contribution is 2.33. The predicted molar refractivity (Wildman–Crippen MR) is 142 cm³/mol. The van der Waals surface area contributed by atoms with Crippen LogP contribution in [0.5, 0.6) is 0 Å². The lowest BCUT2D eigenvalue weighted by Crippen LogP contribution is -2.29. The van der Waals surface area contributed by atoms with E-state index in [4.69, 9.17) is 9.47 Å². The molecule has 0 saturated carbocycles. The fraction of sp³-hybridized carbons (Fsp3) is 0.548. The van der Waals surface area contributed by atoms with Crippen LogP contribution < -0.4 is 0 Å². The monoisotopic (exact) mass is 480 g/mol. The molecule has 0 aliphatic rings. The van der Waals surface area contributed by atoms with Gasteiger partial charge in [-0.15, -0.1) is 0 Å². The molecule has 2 atom stereocenters. The zero-order valence-corrected chi connectivity index (χ0v) is 23.1. The zero-order chi connectivity index (χ0) is 26.4. The van der Waals surface area contributed by atoms with Gasteiger partial charge in [0.2, 0.25) is 0 Å². The van der Waals surface area contributed by atoms with Crippen molar-refractivity contribution in [1.29, 1.82) is 0 Å². The molecule has 0 spiro atoms. The number of rotatable bonds is 9. The van der Waals surface area contributed by atoms with Crippen LogP contribution in [0.2, 0.25) is 0 Å². The summed E-state index contributed by atoms with van der Waals surface area (Å²) in [6, 6.07) is 16.0. The van der Waals surface area contributed by atoms with E-state index in [1.54, 1.807) is 0 Å². The summed E-state index contributed by atoms with van der Waals surface area (Å²) >= 11 is 0. The standard InChI is InChI=1S/C31H44O4/c1-21(2)18-23-10-14-25(15-11-23)22(3)28(32)34-20-24-12-16-26(17-13-24)27(19-30(4,5)6)29(33)35-31(7,8)9/h10-17,21-22,27H,18-20H2,1-9H3/t22-,27+/m0/s1. The van der Waals surface area contributed by atoms with Crippen LogP contribution >= 0.6 is 0 Å². The van der Waals surface area contributed by atoms with Gasteiger partial charge >= 0.3 is 11.9 Å². The smallest absolute Gasteiger partial charge is 0.313 e. The number of carbonyl (C=O) groups excluding carboxylic acids is 2. The predicted octanol–water partition coefficient (Wildman–Crippen LogP) is 7.59. The molecule has 35 heavy (non-hydrogen) atoms. The van der Waals surface area contributed by atoms with E-state index in [9.17, 15) is 9.59 Å². The lowest BCUT2D eigenvalue weighted by molar-refractivity contribution is -0.157. The maximum absolute atomic E-state index is 12.9. The molecule has 0 saturated heterocycles. The molecule has 0 amide bonds. The minimum absolute atomic E-state index is 0.0289. The van der Waals surface area contributed by atoms with E-state index in [-0.39, 0.29) is 35.8 Å². The summed E-state index contributed by atoms with van der Waals surface area (Å²) in [5.74, 6) is -0.525. The van der Waals surface area contributed by atoms with Crippen molar-refractivity contribution in [3.63, 3.8) is 0 Å². The number of ether oxygens (including phenoxy) is 2. The third kappa shape index (κ3) is 9.87. The van der Waals surface area contributed by atoms with E-state index >= 15 is 0 Å². The van der Waals surface area contributed by atoms with Gasteiger partial charge in [0.25, 0.3) is 0 Å². The fourth-order valence-electron chi connectivity index (χ4n) is 4.00. The Morgan fingerprint density at radius 1 is 0.743 bits per heavy atom. The molecule has 2 aromatic carbocycles. The highest BCUT2D eigenvalue weighted by molar-refractivity contribution is 5.79. The summed E-state index contributed by atoms with van der Waals surface area (Å²) in [4.78, 5) is 25.6. The van der Waals surface area contributed by atoms with Gasteiger partial charge in [-0.2, -0.15) is 0 Å². The van der Waals surface area contributed by atoms with Crippen LogP contribution in [0, 0.1) is 11.3 Å². The Kier molecular flexibility index (Phi) is 9.71. The fourth-order valence-corrected chi connectivity index (χ4v) is 4.00. The van der Waals surface area contributed by atoms with Crippen LogP contribution in [0.3, 0.4) is 0 Å². The third-order valence-electron chi connectivity index (χ3n) is 5.75. The normalized spacial score (nSPS) is 13.9. The van der Waals surface area contributed by atoms with Gasteiger partial charge in [0.1, 0.15) is 12.2 Å². The third-order valence-corrected chi connectivity index (χ3v) is 5.75. The first-order valence-electron chi connectivity index (χ1n) is 12.7. The van der Waals surface area contributed by atoms with Crippen LogP contribution in [-0.2, 0) is 32.1 Å². The Morgan fingerprint density at radius 2 is 1.26 bits per heavy atom. The second-order valence-corrected chi connectivity index (χ2v) is 12.3. The van der Waals surface area contributed by atoms with Gasteiger partial charge in [0, 0.05) is 0 Å². The van der Waals surface area contributed by atoms with Crippen LogP contribution in [0.15, 0.2) is 48.5 Å². The molecular weight excluding hydrogens is 436 g/mol. The van der Waals surface area contributed by atoms with Gasteiger partial charge in [-0.25, -0.2) is 0 Å². The van der Waals surface area contributed by atoms with Crippen molar-refractivity contribution >= 4 is 11.9 Å². The van der Waals surface area contributed by atoms with E-state index in [2.05, 4.69) is 46.8 Å². The molecule has 0 aliphatic heterocycles. The maximum Gasteiger partial charge on any atom is 0.313 e. The van der Waals surface area contributed by atoms with Gasteiger partial charge in [-0.3, -0.25) is 9.59 Å². The average molecular weight is 481 g/mol. The molecule has 0 heterocycles. The Labute approximate surface area is 212 Å². The molecule has 0 fully saturated rings. The summed E-state index contributed by atoms with van der Waals surface area (Å²) in [7, 11) is 0. The largest absolute Gasteiger partial charge is 0.460 e. The summed E-state index contributed by atoms with van der Waals surface area (Å²) in [6.07, 6.45) is 1.71. The van der Waals surface area contributed by atoms with Gasteiger partial charge in [-0.05, 0) is 74.1 Å². The highest BCUT2D eigenvalue weighted by Gasteiger charge is 2.30. The topological polar surface area (TPSA) is 52.6 Å². The van der Waals surface area contributed by atoms with E-state index in [0.29, 0.717) is 12.3 Å². The molecule has 2 rings (SSSR count). The first-order valence-corrected chi connectivity index (χ1v) is 12.7. The number of benzene rings is 2. The molecule has 2 aromatic rings. The highest BCUT2D eigenvalue weighted by atomic mass is 16.6. The molecule has 192 valence electrons. The van der Waals surface area contributed by atoms with Crippen molar-refractivity contribution in [2.45, 2.75) is 99.2 Å². The lowest BCUT2D eigenvalue weighted by atomic mass is 9.81. The summed E-state index contributed by atoms with van der Waals surface area (Å²) in [6.45, 7) is 18.5. The minimum atomic E-state index is -0.535. The Balaban J connectivity index is 2.03. The second-order valence-electron chi connectivity index (χ2n) is 12.3. The number of hydrogen-bond donors (Lipinski definition) is 0. The Morgan fingerprint density at radius 3 is 1.74 bits per heavy atom. The van der Waals surface area contributed by atoms with Crippen LogP contribution in [-0.4, -0.2) is 17.5 Å². The maximum atomic E-state index is 12.9. The molecular formula is C31H44O4.